The summed E-state index contributed by atoms with van der Waals surface area (Å²) in [5, 5.41) is 2.55. The molecule has 2 aliphatic carbocycles. The third kappa shape index (κ3) is 5.65. The summed E-state index contributed by atoms with van der Waals surface area (Å²) in [5.41, 5.74) is 19.1. The Bertz CT molecular complexity index is 3040. The van der Waals surface area contributed by atoms with Crippen molar-refractivity contribution >= 4 is 27.4 Å². The predicted octanol–water partition coefficient (Wildman–Crippen LogP) is 14.3. The van der Waals surface area contributed by atoms with Crippen LogP contribution in [-0.4, -0.2) is 14.5 Å². The van der Waals surface area contributed by atoms with E-state index >= 15 is 0 Å². The zero-order chi connectivity index (χ0) is 38.8. The van der Waals surface area contributed by atoms with Crippen LogP contribution in [0, 0.1) is 0 Å². The highest BCUT2D eigenvalue weighted by Crippen LogP contribution is 2.51. The van der Waals surface area contributed by atoms with Gasteiger partial charge in [-0.3, -0.25) is 0 Å². The van der Waals surface area contributed by atoms with E-state index in [2.05, 4.69) is 200 Å². The molecule has 0 fully saturated rings. The van der Waals surface area contributed by atoms with Gasteiger partial charge in [0.25, 0.3) is 0 Å². The molecule has 0 saturated heterocycles. The third-order valence-corrected chi connectivity index (χ3v) is 12.4. The van der Waals surface area contributed by atoms with Crippen LogP contribution < -0.4 is 0 Å². The number of allylic oxidation sites excluding steroid dienone is 4. The minimum atomic E-state index is -0.00335. The Balaban J connectivity index is 0.885. The minimum Gasteiger partial charge on any atom is -0.309 e. The second-order valence-electron chi connectivity index (χ2n) is 16.1. The van der Waals surface area contributed by atoms with Crippen molar-refractivity contribution in [2.45, 2.75) is 32.1 Å². The molecule has 7 aromatic carbocycles. The smallest absolute Gasteiger partial charge is 0.160 e. The molecule has 11 rings (SSSR count). The molecule has 0 N–H and O–H groups in total. The van der Waals surface area contributed by atoms with Crippen LogP contribution in [-0.2, 0) is 5.41 Å². The van der Waals surface area contributed by atoms with Crippen LogP contribution in [0.1, 0.15) is 37.8 Å². The highest BCUT2D eigenvalue weighted by atomic mass is 15.0. The van der Waals surface area contributed by atoms with Gasteiger partial charge in [0.1, 0.15) is 0 Å². The van der Waals surface area contributed by atoms with E-state index in [4.69, 9.17) is 9.97 Å². The molecule has 0 aliphatic heterocycles. The second kappa shape index (κ2) is 13.5. The van der Waals surface area contributed by atoms with Crippen molar-refractivity contribution in [3.05, 3.63) is 205 Å². The zero-order valence-electron chi connectivity index (χ0n) is 32.7. The third-order valence-electron chi connectivity index (χ3n) is 12.4. The van der Waals surface area contributed by atoms with E-state index in [1.807, 2.05) is 6.07 Å². The molecule has 276 valence electrons. The molecule has 0 amide bonds. The number of hydrogen-bond acceptors (Lipinski definition) is 2. The molecule has 0 spiro atoms. The van der Waals surface area contributed by atoms with Gasteiger partial charge < -0.3 is 4.57 Å². The molecular weight excluding hydrogens is 703 g/mol. The Morgan fingerprint density at radius 2 is 1.00 bits per heavy atom. The summed E-state index contributed by atoms with van der Waals surface area (Å²) in [6.07, 6.45) is 6.88. The number of hydrogen-bond donors (Lipinski definition) is 0. The van der Waals surface area contributed by atoms with Gasteiger partial charge in [-0.2, -0.15) is 0 Å². The number of rotatable bonds is 6. The van der Waals surface area contributed by atoms with E-state index in [-0.39, 0.29) is 5.41 Å². The van der Waals surface area contributed by atoms with Crippen molar-refractivity contribution in [3.8, 4) is 61.8 Å². The maximum atomic E-state index is 5.16. The van der Waals surface area contributed by atoms with Crippen LogP contribution in [0.4, 0.5) is 0 Å². The first kappa shape index (κ1) is 34.2. The van der Waals surface area contributed by atoms with Gasteiger partial charge >= 0.3 is 0 Å². The fraction of sp³-hybridized carbons (Fsp3) is 0.0909. The Hall–Kier alpha value is -7.10. The van der Waals surface area contributed by atoms with Crippen molar-refractivity contribution in [3.63, 3.8) is 0 Å². The van der Waals surface area contributed by atoms with Crippen molar-refractivity contribution in [2.24, 2.45) is 0 Å². The molecule has 2 aromatic heterocycles. The first-order chi connectivity index (χ1) is 28.5. The molecule has 0 atom stereocenters. The highest BCUT2D eigenvalue weighted by Gasteiger charge is 2.37. The first-order valence-electron chi connectivity index (χ1n) is 20.3. The van der Waals surface area contributed by atoms with Crippen LogP contribution in [0.15, 0.2) is 194 Å². The molecule has 0 radical (unpaired) electrons. The lowest BCUT2D eigenvalue weighted by atomic mass is 9.78. The lowest BCUT2D eigenvalue weighted by molar-refractivity contribution is 0.607. The molecule has 58 heavy (non-hydrogen) atoms. The van der Waals surface area contributed by atoms with E-state index < -0.39 is 0 Å². The van der Waals surface area contributed by atoms with Gasteiger partial charge in [0, 0.05) is 38.6 Å². The molecule has 0 saturated carbocycles. The summed E-state index contributed by atoms with van der Waals surface area (Å²) in [5.74, 6) is 0.732. The lowest BCUT2D eigenvalue weighted by Crippen LogP contribution is -2.17. The van der Waals surface area contributed by atoms with Crippen molar-refractivity contribution in [2.75, 3.05) is 0 Å². The van der Waals surface area contributed by atoms with Crippen LogP contribution in [0.2, 0.25) is 0 Å². The standard InChI is InChI=1S/C55H41N3/c1-55(2)48-17-9-6-14-44(48)45-33-30-42(34-49(45)55)51-35-50(56-54(57-51)41-12-4-3-5-13-41)40-26-24-38(25-27-40)36-20-22-37(23-21-36)39-28-31-43(32-29-39)58-52-18-10-7-15-46(52)47-16-8-11-19-53(47)58/h3-8,10-16,18-35H,9,17H2,1-2H3. The Labute approximate surface area is 339 Å². The van der Waals surface area contributed by atoms with Gasteiger partial charge in [-0.1, -0.05) is 171 Å². The largest absolute Gasteiger partial charge is 0.309 e. The van der Waals surface area contributed by atoms with E-state index in [1.54, 1.807) is 5.57 Å². The Kier molecular flexibility index (Phi) is 7.97. The fourth-order valence-corrected chi connectivity index (χ4v) is 9.34. The summed E-state index contributed by atoms with van der Waals surface area (Å²) in [7, 11) is 0. The van der Waals surface area contributed by atoms with Crippen LogP contribution in [0.3, 0.4) is 0 Å². The molecule has 3 heteroatoms. The monoisotopic (exact) mass is 743 g/mol. The molecule has 0 bridgehead atoms. The minimum absolute atomic E-state index is 0.00335. The average Bonchev–Trinajstić information content (AvgIpc) is 3.75. The maximum Gasteiger partial charge on any atom is 0.160 e. The topological polar surface area (TPSA) is 30.7 Å². The number of para-hydroxylation sites is 2. The quantitative estimate of drug-likeness (QED) is 0.170. The summed E-state index contributed by atoms with van der Waals surface area (Å²) >= 11 is 0. The van der Waals surface area contributed by atoms with Crippen molar-refractivity contribution < 1.29 is 0 Å². The summed E-state index contributed by atoms with van der Waals surface area (Å²) in [6, 6.07) is 63.3. The van der Waals surface area contributed by atoms with Gasteiger partial charge in [-0.05, 0) is 88.2 Å². The Morgan fingerprint density at radius 1 is 0.483 bits per heavy atom. The van der Waals surface area contributed by atoms with E-state index in [0.29, 0.717) is 0 Å². The van der Waals surface area contributed by atoms with Crippen LogP contribution in [0.25, 0.3) is 89.2 Å². The highest BCUT2D eigenvalue weighted by molar-refractivity contribution is 6.09. The molecule has 2 heterocycles. The molecule has 9 aromatic rings. The average molecular weight is 744 g/mol. The second-order valence-corrected chi connectivity index (χ2v) is 16.1. The summed E-state index contributed by atoms with van der Waals surface area (Å²) in [4.78, 5) is 10.3. The van der Waals surface area contributed by atoms with Gasteiger partial charge in [-0.15, -0.1) is 0 Å². The number of fused-ring (bicyclic) bond motifs is 5. The summed E-state index contributed by atoms with van der Waals surface area (Å²) < 4.78 is 2.36. The fourth-order valence-electron chi connectivity index (χ4n) is 9.34. The predicted molar refractivity (Wildman–Crippen MR) is 242 cm³/mol. The van der Waals surface area contributed by atoms with E-state index in [9.17, 15) is 0 Å². The van der Waals surface area contributed by atoms with Gasteiger partial charge in [0.2, 0.25) is 0 Å². The van der Waals surface area contributed by atoms with Crippen molar-refractivity contribution in [1.82, 2.24) is 14.5 Å². The maximum absolute atomic E-state index is 5.16. The molecule has 0 unspecified atom stereocenters. The van der Waals surface area contributed by atoms with Crippen molar-refractivity contribution in [1.29, 1.82) is 0 Å². The number of nitrogens with zero attached hydrogens (tertiary/aromatic N) is 3. The number of benzene rings is 7. The number of aromatic nitrogens is 3. The molecular formula is C55H41N3. The van der Waals surface area contributed by atoms with E-state index in [1.165, 1.54) is 60.8 Å². The van der Waals surface area contributed by atoms with Gasteiger partial charge in [0.15, 0.2) is 5.82 Å². The lowest BCUT2D eigenvalue weighted by Gasteiger charge is -2.26. The zero-order valence-corrected chi connectivity index (χ0v) is 32.7. The first-order valence-corrected chi connectivity index (χ1v) is 20.3. The summed E-state index contributed by atoms with van der Waals surface area (Å²) in [6.45, 7) is 4.75. The van der Waals surface area contributed by atoms with Crippen LogP contribution >= 0.6 is 0 Å². The SMILES string of the molecule is CC1(C)C2=C(C=CCC2)c2ccc(-c3cc(-c4ccc(-c5ccc(-c6ccc(-n7c8ccccc8c8ccccc87)cc6)cc5)cc4)nc(-c4ccccc4)n3)cc21. The molecule has 2 aliphatic rings. The van der Waals surface area contributed by atoms with Gasteiger partial charge in [0.05, 0.1) is 22.4 Å². The molecule has 3 nitrogen and oxygen atoms in total. The van der Waals surface area contributed by atoms with Crippen LogP contribution in [0.5, 0.6) is 0 Å². The van der Waals surface area contributed by atoms with E-state index in [0.717, 1.165) is 52.4 Å². The Morgan fingerprint density at radius 3 is 1.62 bits per heavy atom. The normalized spacial score (nSPS) is 14.2. The van der Waals surface area contributed by atoms with Gasteiger partial charge in [-0.25, -0.2) is 9.97 Å².